The van der Waals surface area contributed by atoms with Crippen molar-refractivity contribution >= 4 is 38.9 Å². The van der Waals surface area contributed by atoms with E-state index in [4.69, 9.17) is 11.6 Å². The van der Waals surface area contributed by atoms with Crippen LogP contribution in [0.5, 0.6) is 0 Å². The molecule has 3 rings (SSSR count). The van der Waals surface area contributed by atoms with Gasteiger partial charge >= 0.3 is 0 Å². The van der Waals surface area contributed by atoms with Crippen LogP contribution in [0.1, 0.15) is 24.8 Å². The van der Waals surface area contributed by atoms with Crippen LogP contribution in [0.15, 0.2) is 42.7 Å². The fourth-order valence-electron chi connectivity index (χ4n) is 2.91. The Balaban J connectivity index is 1.61. The van der Waals surface area contributed by atoms with Gasteiger partial charge < -0.3 is 5.32 Å². The highest BCUT2D eigenvalue weighted by Crippen LogP contribution is 2.33. The van der Waals surface area contributed by atoms with Crippen LogP contribution in [0.4, 0.5) is 11.4 Å². The van der Waals surface area contributed by atoms with Crippen molar-refractivity contribution in [3.63, 3.8) is 0 Å². The lowest BCUT2D eigenvalue weighted by atomic mass is 10.1. The maximum Gasteiger partial charge on any atom is 0.235 e. The van der Waals surface area contributed by atoms with Crippen LogP contribution in [0.25, 0.3) is 0 Å². The lowest BCUT2D eigenvalue weighted by molar-refractivity contribution is -0.116. The van der Waals surface area contributed by atoms with Gasteiger partial charge in [-0.25, -0.2) is 8.42 Å². The number of anilines is 2. The van der Waals surface area contributed by atoms with Crippen LogP contribution in [-0.4, -0.2) is 31.6 Å². The molecule has 0 bridgehead atoms. The van der Waals surface area contributed by atoms with Gasteiger partial charge in [-0.05, 0) is 49.1 Å². The first-order chi connectivity index (χ1) is 12.5. The van der Waals surface area contributed by atoms with E-state index < -0.39 is 10.0 Å². The number of hydrogen-bond acceptors (Lipinski definition) is 4. The van der Waals surface area contributed by atoms with E-state index in [-0.39, 0.29) is 11.7 Å². The third kappa shape index (κ3) is 4.53. The van der Waals surface area contributed by atoms with E-state index in [1.165, 1.54) is 4.31 Å². The summed E-state index contributed by atoms with van der Waals surface area (Å²) in [6.45, 7) is 0.407. The molecule has 26 heavy (non-hydrogen) atoms. The molecule has 1 aromatic heterocycles. The van der Waals surface area contributed by atoms with E-state index in [1.54, 1.807) is 30.6 Å². The van der Waals surface area contributed by atoms with Gasteiger partial charge in [0.05, 0.1) is 16.5 Å². The number of rotatable bonds is 6. The van der Waals surface area contributed by atoms with Crippen LogP contribution >= 0.6 is 11.6 Å². The Morgan fingerprint density at radius 2 is 2.15 bits per heavy atom. The number of benzene rings is 1. The Bertz CT molecular complexity index is 888. The Morgan fingerprint density at radius 3 is 2.85 bits per heavy atom. The van der Waals surface area contributed by atoms with E-state index in [0.29, 0.717) is 42.2 Å². The summed E-state index contributed by atoms with van der Waals surface area (Å²) in [6.07, 6.45) is 5.94. The predicted octanol–water partition coefficient (Wildman–Crippen LogP) is 3.24. The number of amides is 1. The van der Waals surface area contributed by atoms with Crippen molar-refractivity contribution < 1.29 is 13.2 Å². The Hall–Kier alpha value is -2.12. The van der Waals surface area contributed by atoms with Crippen molar-refractivity contribution in [2.24, 2.45) is 0 Å². The monoisotopic (exact) mass is 393 g/mol. The van der Waals surface area contributed by atoms with Gasteiger partial charge in [0.25, 0.3) is 0 Å². The van der Waals surface area contributed by atoms with E-state index in [9.17, 15) is 13.2 Å². The minimum atomic E-state index is -3.32. The molecule has 1 aromatic carbocycles. The standard InChI is InChI=1S/C18H20ClN3O3S/c19-16-8-7-15(12-17(16)22-10-3-11-26(22,24)25)21-18(23)6-1-4-14-5-2-9-20-13-14/h2,5,7-9,12-13H,1,3-4,6,10-11H2,(H,21,23). The molecule has 1 amide bonds. The molecule has 1 aliphatic heterocycles. The smallest absolute Gasteiger partial charge is 0.235 e. The molecule has 0 saturated carbocycles. The number of carbonyl (C=O) groups excluding carboxylic acids is 1. The number of sulfonamides is 1. The van der Waals surface area contributed by atoms with Crippen molar-refractivity contribution in [3.05, 3.63) is 53.3 Å². The van der Waals surface area contributed by atoms with Crippen molar-refractivity contribution in [3.8, 4) is 0 Å². The minimum Gasteiger partial charge on any atom is -0.326 e. The molecule has 1 fully saturated rings. The molecule has 2 aromatic rings. The number of pyridine rings is 1. The molecule has 138 valence electrons. The zero-order valence-corrected chi connectivity index (χ0v) is 15.8. The first kappa shape index (κ1) is 18.7. The van der Waals surface area contributed by atoms with Gasteiger partial charge in [-0.2, -0.15) is 0 Å². The molecule has 6 nitrogen and oxygen atoms in total. The van der Waals surface area contributed by atoms with Crippen molar-refractivity contribution in [1.29, 1.82) is 0 Å². The number of aromatic nitrogens is 1. The number of carbonyl (C=O) groups is 1. The van der Waals surface area contributed by atoms with Gasteiger partial charge in [0, 0.05) is 31.0 Å². The van der Waals surface area contributed by atoms with Crippen molar-refractivity contribution in [2.45, 2.75) is 25.7 Å². The van der Waals surface area contributed by atoms with E-state index in [1.807, 2.05) is 12.1 Å². The number of nitrogens with one attached hydrogen (secondary N) is 1. The molecule has 8 heteroatoms. The molecule has 0 unspecified atom stereocenters. The zero-order valence-electron chi connectivity index (χ0n) is 14.2. The zero-order chi connectivity index (χ0) is 18.6. The van der Waals surface area contributed by atoms with Gasteiger partial charge in [-0.3, -0.25) is 14.1 Å². The summed E-state index contributed by atoms with van der Waals surface area (Å²) in [7, 11) is -3.32. The minimum absolute atomic E-state index is 0.119. The maximum absolute atomic E-state index is 12.2. The largest absolute Gasteiger partial charge is 0.326 e. The number of hydrogen-bond donors (Lipinski definition) is 1. The summed E-state index contributed by atoms with van der Waals surface area (Å²) in [5.41, 5.74) is 2.04. The molecule has 1 aliphatic rings. The Labute approximate surface area is 158 Å². The third-order valence-electron chi connectivity index (χ3n) is 4.19. The molecule has 0 aliphatic carbocycles. The van der Waals surface area contributed by atoms with E-state index >= 15 is 0 Å². The van der Waals surface area contributed by atoms with Crippen LogP contribution in [0, 0.1) is 0 Å². The third-order valence-corrected chi connectivity index (χ3v) is 6.36. The lowest BCUT2D eigenvalue weighted by Crippen LogP contribution is -2.25. The van der Waals surface area contributed by atoms with Crippen LogP contribution < -0.4 is 9.62 Å². The van der Waals surface area contributed by atoms with E-state index in [0.717, 1.165) is 12.0 Å². The average molecular weight is 394 g/mol. The first-order valence-electron chi connectivity index (χ1n) is 8.44. The molecule has 1 saturated heterocycles. The normalized spacial score (nSPS) is 15.8. The quantitative estimate of drug-likeness (QED) is 0.817. The fourth-order valence-corrected chi connectivity index (χ4v) is 4.76. The highest BCUT2D eigenvalue weighted by molar-refractivity contribution is 7.93. The van der Waals surface area contributed by atoms with Gasteiger partial charge in [0.1, 0.15) is 0 Å². The Morgan fingerprint density at radius 1 is 1.31 bits per heavy atom. The Kier molecular flexibility index (Phi) is 5.78. The average Bonchev–Trinajstić information content (AvgIpc) is 2.96. The van der Waals surface area contributed by atoms with Crippen LogP contribution in [0.2, 0.25) is 5.02 Å². The summed E-state index contributed by atoms with van der Waals surface area (Å²) >= 11 is 6.17. The fraction of sp³-hybridized carbons (Fsp3) is 0.333. The molecule has 0 atom stereocenters. The molecule has 1 N–H and O–H groups in total. The highest BCUT2D eigenvalue weighted by atomic mass is 35.5. The number of aryl methyl sites for hydroxylation is 1. The van der Waals surface area contributed by atoms with Gasteiger partial charge in [0.2, 0.25) is 15.9 Å². The topological polar surface area (TPSA) is 79.4 Å². The van der Waals surface area contributed by atoms with Crippen molar-refractivity contribution in [1.82, 2.24) is 4.98 Å². The van der Waals surface area contributed by atoms with Crippen LogP contribution in [0.3, 0.4) is 0 Å². The first-order valence-corrected chi connectivity index (χ1v) is 10.4. The summed E-state index contributed by atoms with van der Waals surface area (Å²) in [6, 6.07) is 8.75. The van der Waals surface area contributed by atoms with Gasteiger partial charge in [-0.15, -0.1) is 0 Å². The van der Waals surface area contributed by atoms with Gasteiger partial charge in [0.15, 0.2) is 0 Å². The predicted molar refractivity (Wildman–Crippen MR) is 103 cm³/mol. The molecule has 2 heterocycles. The summed E-state index contributed by atoms with van der Waals surface area (Å²) < 4.78 is 25.5. The van der Waals surface area contributed by atoms with E-state index in [2.05, 4.69) is 10.3 Å². The molecular formula is C18H20ClN3O3S. The SMILES string of the molecule is O=C(CCCc1cccnc1)Nc1ccc(Cl)c(N2CCCS2(=O)=O)c1. The highest BCUT2D eigenvalue weighted by Gasteiger charge is 2.30. The summed E-state index contributed by atoms with van der Waals surface area (Å²) in [5.74, 6) is 0.000269. The van der Waals surface area contributed by atoms with Crippen molar-refractivity contribution in [2.75, 3.05) is 21.9 Å². The second-order valence-electron chi connectivity index (χ2n) is 6.17. The number of halogens is 1. The molecular weight excluding hydrogens is 374 g/mol. The second-order valence-corrected chi connectivity index (χ2v) is 8.59. The number of nitrogens with zero attached hydrogens (tertiary/aromatic N) is 2. The second kappa shape index (κ2) is 8.05. The van der Waals surface area contributed by atoms with Crippen LogP contribution in [-0.2, 0) is 21.2 Å². The van der Waals surface area contributed by atoms with Gasteiger partial charge in [-0.1, -0.05) is 17.7 Å². The maximum atomic E-state index is 12.2. The summed E-state index contributed by atoms with van der Waals surface area (Å²) in [4.78, 5) is 16.2. The molecule has 0 spiro atoms. The summed E-state index contributed by atoms with van der Waals surface area (Å²) in [5, 5.41) is 3.16. The molecule has 0 radical (unpaired) electrons. The lowest BCUT2D eigenvalue weighted by Gasteiger charge is -2.19.